The van der Waals surface area contributed by atoms with E-state index in [-0.39, 0.29) is 0 Å². The SMILES string of the molecule is CCN(CCCOC)CCOC. The quantitative estimate of drug-likeness (QED) is 0.514. The molecule has 0 atom stereocenters. The van der Waals surface area contributed by atoms with Gasteiger partial charge in [0.05, 0.1) is 6.61 Å². The lowest BCUT2D eigenvalue weighted by atomic mass is 10.4. The van der Waals surface area contributed by atoms with Gasteiger partial charge in [-0.3, -0.25) is 0 Å². The van der Waals surface area contributed by atoms with E-state index in [1.165, 1.54) is 0 Å². The summed E-state index contributed by atoms with van der Waals surface area (Å²) in [5.41, 5.74) is 0. The summed E-state index contributed by atoms with van der Waals surface area (Å²) in [7, 11) is 3.48. The summed E-state index contributed by atoms with van der Waals surface area (Å²) in [6.07, 6.45) is 1.11. The molecule has 12 heavy (non-hydrogen) atoms. The third-order valence-electron chi connectivity index (χ3n) is 1.88. The fourth-order valence-corrected chi connectivity index (χ4v) is 1.08. The predicted molar refractivity (Wildman–Crippen MR) is 50.5 cm³/mol. The maximum Gasteiger partial charge on any atom is 0.0589 e. The molecule has 3 heteroatoms. The van der Waals surface area contributed by atoms with Crippen LogP contribution in [0.15, 0.2) is 0 Å². The highest BCUT2D eigenvalue weighted by molar-refractivity contribution is 4.53. The third-order valence-corrected chi connectivity index (χ3v) is 1.88. The summed E-state index contributed by atoms with van der Waals surface area (Å²) in [4.78, 5) is 2.36. The number of likely N-dealkylation sites (N-methyl/N-ethyl adjacent to an activating group) is 1. The summed E-state index contributed by atoms with van der Waals surface area (Å²) < 4.78 is 9.99. The van der Waals surface area contributed by atoms with Crippen LogP contribution in [0.25, 0.3) is 0 Å². The summed E-state index contributed by atoms with van der Waals surface area (Å²) in [6, 6.07) is 0. The lowest BCUT2D eigenvalue weighted by molar-refractivity contribution is 0.136. The molecule has 0 spiro atoms. The van der Waals surface area contributed by atoms with Crippen molar-refractivity contribution in [3.63, 3.8) is 0 Å². The maximum atomic E-state index is 5.01. The average molecular weight is 175 g/mol. The van der Waals surface area contributed by atoms with E-state index in [2.05, 4.69) is 11.8 Å². The smallest absolute Gasteiger partial charge is 0.0589 e. The summed E-state index contributed by atoms with van der Waals surface area (Å²) in [5.74, 6) is 0. The minimum atomic E-state index is 0.820. The molecular formula is C9H21NO2. The molecule has 0 aromatic heterocycles. The first-order chi connectivity index (χ1) is 5.85. The number of nitrogens with zero attached hydrogens (tertiary/aromatic N) is 1. The van der Waals surface area contributed by atoms with E-state index in [1.54, 1.807) is 14.2 Å². The molecule has 0 aliphatic rings. The van der Waals surface area contributed by atoms with Gasteiger partial charge in [-0.1, -0.05) is 6.92 Å². The van der Waals surface area contributed by atoms with Crippen LogP contribution in [0.4, 0.5) is 0 Å². The van der Waals surface area contributed by atoms with Crippen LogP contribution in [-0.2, 0) is 9.47 Å². The van der Waals surface area contributed by atoms with Crippen LogP contribution in [0.3, 0.4) is 0 Å². The van der Waals surface area contributed by atoms with Crippen molar-refractivity contribution in [2.24, 2.45) is 0 Å². The molecule has 0 aromatic rings. The van der Waals surface area contributed by atoms with Crippen LogP contribution in [0.2, 0.25) is 0 Å². The Bertz CT molecular complexity index is 88.6. The lowest BCUT2D eigenvalue weighted by Gasteiger charge is -2.19. The Morgan fingerprint density at radius 3 is 2.17 bits per heavy atom. The molecule has 0 unspecified atom stereocenters. The van der Waals surface area contributed by atoms with Gasteiger partial charge in [0.15, 0.2) is 0 Å². The highest BCUT2D eigenvalue weighted by atomic mass is 16.5. The number of hydrogen-bond donors (Lipinski definition) is 0. The zero-order valence-corrected chi connectivity index (χ0v) is 8.51. The van der Waals surface area contributed by atoms with Gasteiger partial charge in [0, 0.05) is 33.9 Å². The van der Waals surface area contributed by atoms with Crippen LogP contribution >= 0.6 is 0 Å². The van der Waals surface area contributed by atoms with E-state index in [4.69, 9.17) is 9.47 Å². The van der Waals surface area contributed by atoms with Gasteiger partial charge >= 0.3 is 0 Å². The average Bonchev–Trinajstić information content (AvgIpc) is 2.11. The van der Waals surface area contributed by atoms with Crippen molar-refractivity contribution >= 4 is 0 Å². The number of ether oxygens (including phenoxy) is 2. The molecule has 3 nitrogen and oxygen atoms in total. The highest BCUT2D eigenvalue weighted by Crippen LogP contribution is 1.91. The third kappa shape index (κ3) is 6.58. The van der Waals surface area contributed by atoms with Crippen molar-refractivity contribution in [3.05, 3.63) is 0 Å². The Morgan fingerprint density at radius 2 is 1.67 bits per heavy atom. The summed E-state index contributed by atoms with van der Waals surface area (Å²) in [6.45, 7) is 7.06. The number of methoxy groups -OCH3 is 2. The zero-order valence-electron chi connectivity index (χ0n) is 8.51. The normalized spacial score (nSPS) is 11.0. The van der Waals surface area contributed by atoms with Gasteiger partial charge in [0.1, 0.15) is 0 Å². The molecule has 0 aromatic carbocycles. The van der Waals surface area contributed by atoms with Crippen LogP contribution < -0.4 is 0 Å². The van der Waals surface area contributed by atoms with Crippen LogP contribution in [0.1, 0.15) is 13.3 Å². The second kappa shape index (κ2) is 8.97. The fraction of sp³-hybridized carbons (Fsp3) is 1.00. The molecule has 0 aliphatic carbocycles. The summed E-state index contributed by atoms with van der Waals surface area (Å²) >= 11 is 0. The first-order valence-electron chi connectivity index (χ1n) is 4.55. The van der Waals surface area contributed by atoms with Crippen molar-refractivity contribution < 1.29 is 9.47 Å². The highest BCUT2D eigenvalue weighted by Gasteiger charge is 1.99. The van der Waals surface area contributed by atoms with Gasteiger partial charge in [-0.05, 0) is 13.0 Å². The first kappa shape index (κ1) is 11.9. The Labute approximate surface area is 75.6 Å². The second-order valence-corrected chi connectivity index (χ2v) is 2.77. The predicted octanol–water partition coefficient (Wildman–Crippen LogP) is 0.991. The molecule has 0 fully saturated rings. The number of hydrogen-bond acceptors (Lipinski definition) is 3. The van der Waals surface area contributed by atoms with Crippen molar-refractivity contribution in [2.75, 3.05) is 47.1 Å². The Balaban J connectivity index is 3.26. The molecule has 74 valence electrons. The van der Waals surface area contributed by atoms with Gasteiger partial charge in [0.25, 0.3) is 0 Å². The molecule has 0 aliphatic heterocycles. The topological polar surface area (TPSA) is 21.7 Å². The lowest BCUT2D eigenvalue weighted by Crippen LogP contribution is -2.28. The standard InChI is InChI=1S/C9H21NO2/c1-4-10(7-9-12-3)6-5-8-11-2/h4-9H2,1-3H3. The number of rotatable bonds is 8. The molecule has 0 saturated heterocycles. The van der Waals surface area contributed by atoms with Crippen molar-refractivity contribution in [2.45, 2.75) is 13.3 Å². The molecule has 0 saturated carbocycles. The van der Waals surface area contributed by atoms with E-state index in [0.29, 0.717) is 0 Å². The van der Waals surface area contributed by atoms with Crippen LogP contribution in [0.5, 0.6) is 0 Å². The van der Waals surface area contributed by atoms with Gasteiger partial charge < -0.3 is 14.4 Å². The Morgan fingerprint density at radius 1 is 1.00 bits per heavy atom. The minimum Gasteiger partial charge on any atom is -0.385 e. The Hall–Kier alpha value is -0.120. The van der Waals surface area contributed by atoms with E-state index < -0.39 is 0 Å². The largest absolute Gasteiger partial charge is 0.385 e. The van der Waals surface area contributed by atoms with Crippen molar-refractivity contribution in [1.29, 1.82) is 0 Å². The molecular weight excluding hydrogens is 154 g/mol. The van der Waals surface area contributed by atoms with E-state index in [9.17, 15) is 0 Å². The van der Waals surface area contributed by atoms with Crippen LogP contribution in [-0.4, -0.2) is 52.0 Å². The van der Waals surface area contributed by atoms with E-state index in [0.717, 1.165) is 39.3 Å². The zero-order chi connectivity index (χ0) is 9.23. The van der Waals surface area contributed by atoms with Crippen LogP contribution in [0, 0.1) is 0 Å². The Kier molecular flexibility index (Phi) is 8.88. The summed E-state index contributed by atoms with van der Waals surface area (Å²) in [5, 5.41) is 0. The molecule has 0 rings (SSSR count). The second-order valence-electron chi connectivity index (χ2n) is 2.77. The minimum absolute atomic E-state index is 0.820. The van der Waals surface area contributed by atoms with Gasteiger partial charge in [-0.2, -0.15) is 0 Å². The molecule has 0 radical (unpaired) electrons. The van der Waals surface area contributed by atoms with Crippen molar-refractivity contribution in [3.8, 4) is 0 Å². The molecule has 0 amide bonds. The maximum absolute atomic E-state index is 5.01. The van der Waals surface area contributed by atoms with E-state index >= 15 is 0 Å². The van der Waals surface area contributed by atoms with Gasteiger partial charge in [-0.25, -0.2) is 0 Å². The molecule has 0 bridgehead atoms. The van der Waals surface area contributed by atoms with Gasteiger partial charge in [-0.15, -0.1) is 0 Å². The van der Waals surface area contributed by atoms with Gasteiger partial charge in [0.2, 0.25) is 0 Å². The fourth-order valence-electron chi connectivity index (χ4n) is 1.08. The monoisotopic (exact) mass is 175 g/mol. The molecule has 0 heterocycles. The first-order valence-corrected chi connectivity index (χ1v) is 4.55. The van der Waals surface area contributed by atoms with E-state index in [1.807, 2.05) is 0 Å². The van der Waals surface area contributed by atoms with Crippen molar-refractivity contribution in [1.82, 2.24) is 4.90 Å². The molecule has 0 N–H and O–H groups in total.